The summed E-state index contributed by atoms with van der Waals surface area (Å²) in [6.07, 6.45) is 0. The van der Waals surface area contributed by atoms with E-state index >= 15 is 0 Å². The van der Waals surface area contributed by atoms with Crippen LogP contribution in [0.1, 0.15) is 22.3 Å². The van der Waals surface area contributed by atoms with Crippen LogP contribution in [0.4, 0.5) is 0 Å². The maximum atomic E-state index is 12.3. The molecule has 0 saturated heterocycles. The van der Waals surface area contributed by atoms with E-state index in [1.54, 1.807) is 13.8 Å². The number of benzene rings is 1. The molecular weight excluding hydrogens is 264 g/mol. The fraction of sp³-hybridized carbons (Fsp3) is 0.462. The van der Waals surface area contributed by atoms with Crippen LogP contribution >= 0.6 is 0 Å². The maximum Gasteiger partial charge on any atom is 0.241 e. The molecule has 0 spiro atoms. The standard InChI is InChI=1S/C13H20N2O3S/c1-8-6-9(2)11(4)13(10(8)3)19(17,18)15-7-12(16)14-5/h6,15H,7H2,1-5H3,(H,14,16). The Morgan fingerprint density at radius 1 is 1.11 bits per heavy atom. The summed E-state index contributed by atoms with van der Waals surface area (Å²) in [6.45, 7) is 7.04. The van der Waals surface area contributed by atoms with Gasteiger partial charge in [-0.2, -0.15) is 0 Å². The van der Waals surface area contributed by atoms with E-state index in [1.165, 1.54) is 7.05 Å². The molecule has 6 heteroatoms. The Morgan fingerprint density at radius 2 is 1.58 bits per heavy atom. The number of sulfonamides is 1. The number of hydrogen-bond acceptors (Lipinski definition) is 3. The van der Waals surface area contributed by atoms with E-state index in [1.807, 2.05) is 19.9 Å². The molecule has 0 fully saturated rings. The van der Waals surface area contributed by atoms with Crippen LogP contribution in [0.15, 0.2) is 11.0 Å². The van der Waals surface area contributed by atoms with Crippen LogP contribution in [0.25, 0.3) is 0 Å². The van der Waals surface area contributed by atoms with Gasteiger partial charge in [-0.15, -0.1) is 0 Å². The molecule has 0 unspecified atom stereocenters. The largest absolute Gasteiger partial charge is 0.358 e. The maximum absolute atomic E-state index is 12.3. The minimum absolute atomic E-state index is 0.259. The zero-order chi connectivity index (χ0) is 14.8. The smallest absolute Gasteiger partial charge is 0.241 e. The van der Waals surface area contributed by atoms with Gasteiger partial charge in [-0.1, -0.05) is 6.07 Å². The topological polar surface area (TPSA) is 75.3 Å². The first-order chi connectivity index (χ1) is 8.70. The molecule has 0 saturated carbocycles. The SMILES string of the molecule is CNC(=O)CNS(=O)(=O)c1c(C)c(C)cc(C)c1C. The number of aryl methyl sites for hydroxylation is 2. The van der Waals surface area contributed by atoms with Crippen LogP contribution in [0, 0.1) is 27.7 Å². The first-order valence-corrected chi connectivity index (χ1v) is 7.46. The lowest BCUT2D eigenvalue weighted by Crippen LogP contribution is -2.35. The van der Waals surface area contributed by atoms with Gasteiger partial charge in [0.05, 0.1) is 11.4 Å². The lowest BCUT2D eigenvalue weighted by atomic mass is 10.0. The summed E-state index contributed by atoms with van der Waals surface area (Å²) in [5.74, 6) is -0.372. The Balaban J connectivity index is 3.25. The molecule has 0 bridgehead atoms. The number of nitrogens with one attached hydrogen (secondary N) is 2. The molecule has 19 heavy (non-hydrogen) atoms. The van der Waals surface area contributed by atoms with Crippen molar-refractivity contribution in [1.29, 1.82) is 0 Å². The van der Waals surface area contributed by atoms with E-state index in [2.05, 4.69) is 10.0 Å². The number of amides is 1. The molecule has 1 rings (SSSR count). The van der Waals surface area contributed by atoms with Crippen LogP contribution in [-0.4, -0.2) is 27.9 Å². The third-order valence-corrected chi connectivity index (χ3v) is 4.94. The summed E-state index contributed by atoms with van der Waals surface area (Å²) in [5.41, 5.74) is 3.27. The highest BCUT2D eigenvalue weighted by atomic mass is 32.2. The number of hydrogen-bond donors (Lipinski definition) is 2. The molecule has 0 aliphatic carbocycles. The van der Waals surface area contributed by atoms with Gasteiger partial charge in [-0.25, -0.2) is 13.1 Å². The predicted molar refractivity (Wildman–Crippen MR) is 74.6 cm³/mol. The fourth-order valence-corrected chi connectivity index (χ4v) is 3.50. The van der Waals surface area contributed by atoms with Gasteiger partial charge in [0.2, 0.25) is 15.9 Å². The second-order valence-corrected chi connectivity index (χ2v) is 6.29. The Morgan fingerprint density at radius 3 is 2.00 bits per heavy atom. The molecule has 0 aliphatic rings. The Bertz CT molecular complexity index is 581. The van der Waals surface area contributed by atoms with Crippen molar-refractivity contribution in [2.75, 3.05) is 13.6 Å². The molecule has 2 N–H and O–H groups in total. The lowest BCUT2D eigenvalue weighted by molar-refractivity contribution is -0.119. The zero-order valence-corrected chi connectivity index (χ0v) is 12.7. The highest BCUT2D eigenvalue weighted by molar-refractivity contribution is 7.89. The van der Waals surface area contributed by atoms with E-state index in [0.29, 0.717) is 11.1 Å². The molecular formula is C13H20N2O3S. The first-order valence-electron chi connectivity index (χ1n) is 5.98. The summed E-state index contributed by atoms with van der Waals surface area (Å²) in [7, 11) is -2.22. The zero-order valence-electron chi connectivity index (χ0n) is 11.9. The second-order valence-electron chi connectivity index (χ2n) is 4.59. The van der Waals surface area contributed by atoms with Gasteiger partial charge in [0.25, 0.3) is 0 Å². The van der Waals surface area contributed by atoms with Crippen molar-refractivity contribution in [3.05, 3.63) is 28.3 Å². The first kappa shape index (κ1) is 15.7. The van der Waals surface area contributed by atoms with Crippen LogP contribution < -0.4 is 10.0 Å². The highest BCUT2D eigenvalue weighted by Crippen LogP contribution is 2.25. The molecule has 5 nitrogen and oxygen atoms in total. The van der Waals surface area contributed by atoms with Crippen LogP contribution in [0.5, 0.6) is 0 Å². The lowest BCUT2D eigenvalue weighted by Gasteiger charge is -2.15. The van der Waals surface area contributed by atoms with Gasteiger partial charge in [0.1, 0.15) is 0 Å². The van der Waals surface area contributed by atoms with Gasteiger partial charge >= 0.3 is 0 Å². The molecule has 1 amide bonds. The average molecular weight is 284 g/mol. The summed E-state index contributed by atoms with van der Waals surface area (Å²) >= 11 is 0. The van der Waals surface area contributed by atoms with Crippen molar-refractivity contribution >= 4 is 15.9 Å². The molecule has 0 heterocycles. The second kappa shape index (κ2) is 5.71. The summed E-state index contributed by atoms with van der Waals surface area (Å²) in [5, 5.41) is 2.38. The van der Waals surface area contributed by atoms with Gasteiger partial charge < -0.3 is 5.32 Å². The van der Waals surface area contributed by atoms with E-state index in [4.69, 9.17) is 0 Å². The minimum Gasteiger partial charge on any atom is -0.358 e. The number of likely N-dealkylation sites (N-methyl/N-ethyl adjacent to an activating group) is 1. The summed E-state index contributed by atoms with van der Waals surface area (Å²) in [6, 6.07) is 1.96. The third kappa shape index (κ3) is 3.33. The third-order valence-electron chi connectivity index (χ3n) is 3.27. The van der Waals surface area contributed by atoms with Crippen molar-refractivity contribution in [1.82, 2.24) is 10.0 Å². The average Bonchev–Trinajstić information content (AvgIpc) is 2.33. The van der Waals surface area contributed by atoms with E-state index in [0.717, 1.165) is 11.1 Å². The quantitative estimate of drug-likeness (QED) is 0.864. The van der Waals surface area contributed by atoms with Crippen molar-refractivity contribution in [2.24, 2.45) is 0 Å². The highest BCUT2D eigenvalue weighted by Gasteiger charge is 2.22. The summed E-state index contributed by atoms with van der Waals surface area (Å²) in [4.78, 5) is 11.4. The van der Waals surface area contributed by atoms with Crippen molar-refractivity contribution in [3.8, 4) is 0 Å². The van der Waals surface area contributed by atoms with E-state index in [9.17, 15) is 13.2 Å². The van der Waals surface area contributed by atoms with E-state index < -0.39 is 10.0 Å². The predicted octanol–water partition coefficient (Wildman–Crippen LogP) is 0.945. The van der Waals surface area contributed by atoms with Crippen molar-refractivity contribution < 1.29 is 13.2 Å². The molecule has 0 atom stereocenters. The summed E-state index contributed by atoms with van der Waals surface area (Å²) < 4.78 is 26.9. The minimum atomic E-state index is -3.68. The van der Waals surface area contributed by atoms with Crippen LogP contribution in [0.3, 0.4) is 0 Å². The van der Waals surface area contributed by atoms with Crippen molar-refractivity contribution in [2.45, 2.75) is 32.6 Å². The Labute approximate surface area is 114 Å². The van der Waals surface area contributed by atoms with E-state index in [-0.39, 0.29) is 17.3 Å². The Kier molecular flexibility index (Phi) is 4.70. The van der Waals surface area contributed by atoms with Crippen LogP contribution in [0.2, 0.25) is 0 Å². The Hall–Kier alpha value is -1.40. The van der Waals surface area contributed by atoms with Gasteiger partial charge in [-0.3, -0.25) is 4.79 Å². The molecule has 0 radical (unpaired) electrons. The molecule has 106 valence electrons. The van der Waals surface area contributed by atoms with Crippen molar-refractivity contribution in [3.63, 3.8) is 0 Å². The van der Waals surface area contributed by atoms with Gasteiger partial charge in [-0.05, 0) is 49.9 Å². The monoisotopic (exact) mass is 284 g/mol. The van der Waals surface area contributed by atoms with Gasteiger partial charge in [0, 0.05) is 7.05 Å². The number of carbonyl (C=O) groups is 1. The fourth-order valence-electron chi connectivity index (χ4n) is 1.90. The molecule has 1 aromatic rings. The normalized spacial score (nSPS) is 11.4. The molecule has 1 aromatic carbocycles. The molecule has 0 aromatic heterocycles. The van der Waals surface area contributed by atoms with Crippen LogP contribution in [-0.2, 0) is 14.8 Å². The molecule has 0 aliphatic heterocycles. The number of rotatable bonds is 4. The van der Waals surface area contributed by atoms with Gasteiger partial charge in [0.15, 0.2) is 0 Å². The number of carbonyl (C=O) groups excluding carboxylic acids is 1.